The maximum Gasteiger partial charge on any atom is 0.253 e. The molecule has 1 aromatic rings. The molecular formula is C22H30N2O5S. The molecule has 1 N–H and O–H groups in total. The molecule has 1 aromatic carbocycles. The van der Waals surface area contributed by atoms with Crippen molar-refractivity contribution in [3.05, 3.63) is 39.8 Å². The maximum atomic E-state index is 12.9. The minimum absolute atomic E-state index is 0.0290. The predicted molar refractivity (Wildman–Crippen MR) is 115 cm³/mol. The summed E-state index contributed by atoms with van der Waals surface area (Å²) in [6.07, 6.45) is 3.72. The Labute approximate surface area is 178 Å². The van der Waals surface area contributed by atoms with Crippen molar-refractivity contribution in [2.45, 2.75) is 39.5 Å². The Kier molecular flexibility index (Phi) is 7.10. The zero-order valence-electron chi connectivity index (χ0n) is 17.6. The zero-order chi connectivity index (χ0) is 21.9. The smallest absolute Gasteiger partial charge is 0.253 e. The van der Waals surface area contributed by atoms with Gasteiger partial charge in [-0.15, -0.1) is 0 Å². The summed E-state index contributed by atoms with van der Waals surface area (Å²) < 4.78 is 26.5. The molecule has 2 fully saturated rings. The number of Topliss-reactive ketones (excluding diaryl/α,β-unsaturated/α-hetero) is 1. The molecule has 0 unspecified atom stereocenters. The fourth-order valence-electron chi connectivity index (χ4n) is 4.09. The molecule has 2 saturated heterocycles. The van der Waals surface area contributed by atoms with Gasteiger partial charge < -0.3 is 10.0 Å². The van der Waals surface area contributed by atoms with Crippen LogP contribution in [0.5, 0.6) is 0 Å². The third-order valence-electron chi connectivity index (χ3n) is 6.05. The van der Waals surface area contributed by atoms with Crippen LogP contribution in [0.1, 0.15) is 52.7 Å². The first-order valence-electron chi connectivity index (χ1n) is 10.4. The average molecular weight is 435 g/mol. The molecule has 2 aliphatic heterocycles. The highest BCUT2D eigenvalue weighted by atomic mass is 32.2. The van der Waals surface area contributed by atoms with Crippen LogP contribution < -0.4 is 0 Å². The van der Waals surface area contributed by atoms with Crippen LogP contribution in [0, 0.1) is 19.8 Å². The maximum absolute atomic E-state index is 12.9. The molecule has 7 nitrogen and oxygen atoms in total. The number of benzene rings is 1. The van der Waals surface area contributed by atoms with Crippen LogP contribution in [-0.4, -0.2) is 67.2 Å². The molecular weight excluding hydrogens is 404 g/mol. The van der Waals surface area contributed by atoms with Crippen LogP contribution in [0.2, 0.25) is 0 Å². The normalized spacial score (nSPS) is 19.6. The summed E-state index contributed by atoms with van der Waals surface area (Å²) in [4.78, 5) is 26.0. The van der Waals surface area contributed by atoms with Crippen molar-refractivity contribution in [3.63, 3.8) is 0 Å². The van der Waals surface area contributed by atoms with E-state index in [1.54, 1.807) is 18.2 Å². The number of carbonyl (C=O) groups excluding carboxylic acids is 2. The highest BCUT2D eigenvalue weighted by Crippen LogP contribution is 2.23. The molecule has 2 aliphatic rings. The van der Waals surface area contributed by atoms with Gasteiger partial charge in [0.1, 0.15) is 5.78 Å². The van der Waals surface area contributed by atoms with Gasteiger partial charge >= 0.3 is 0 Å². The van der Waals surface area contributed by atoms with Crippen LogP contribution >= 0.6 is 0 Å². The Bertz CT molecular complexity index is 913. The number of ketones is 1. The minimum Gasteiger partial charge on any atom is -0.396 e. The summed E-state index contributed by atoms with van der Waals surface area (Å²) in [6.45, 7) is 5.63. The van der Waals surface area contributed by atoms with E-state index < -0.39 is 10.0 Å². The number of hydrogen-bond donors (Lipinski definition) is 1. The van der Waals surface area contributed by atoms with Gasteiger partial charge in [0.2, 0.25) is 10.0 Å². The predicted octanol–water partition coefficient (Wildman–Crippen LogP) is 2.11. The van der Waals surface area contributed by atoms with Crippen molar-refractivity contribution in [2.75, 3.05) is 32.8 Å². The van der Waals surface area contributed by atoms with Gasteiger partial charge in [-0.1, -0.05) is 0 Å². The highest BCUT2D eigenvalue weighted by Gasteiger charge is 2.26. The molecule has 0 spiro atoms. The van der Waals surface area contributed by atoms with Crippen molar-refractivity contribution in [3.8, 4) is 0 Å². The molecule has 0 saturated carbocycles. The molecule has 30 heavy (non-hydrogen) atoms. The third-order valence-corrected chi connectivity index (χ3v) is 7.61. The number of nitrogens with zero attached hydrogens (tertiary/aromatic N) is 2. The molecule has 0 radical (unpaired) electrons. The zero-order valence-corrected chi connectivity index (χ0v) is 18.5. The topological polar surface area (TPSA) is 95.0 Å². The third kappa shape index (κ3) is 5.17. The number of amides is 1. The monoisotopic (exact) mass is 434 g/mol. The number of likely N-dealkylation sites (tertiary alicyclic amines) is 1. The fraction of sp³-hybridized carbons (Fsp3) is 0.545. The standard InChI is InChI=1S/C22H30N2O5S/c1-16-13-19(22(27)23-8-3-18(15-25)4-9-23)14-17(2)21(16)7-12-30(28,29)24-10-5-20(26)6-11-24/h7,12-14,18,25H,3-6,8-11,15H2,1-2H3/b12-7+. The van der Waals surface area contributed by atoms with Crippen molar-refractivity contribution >= 4 is 27.8 Å². The SMILES string of the molecule is Cc1cc(C(=O)N2CCC(CO)CC2)cc(C)c1/C=C/S(=O)(=O)N1CCC(=O)CC1. The van der Waals surface area contributed by atoms with Gasteiger partial charge in [-0.2, -0.15) is 4.31 Å². The number of piperidine rings is 2. The lowest BCUT2D eigenvalue weighted by Gasteiger charge is -2.31. The number of carbonyl (C=O) groups is 2. The Morgan fingerprint density at radius 1 is 1.10 bits per heavy atom. The van der Waals surface area contributed by atoms with E-state index in [-0.39, 0.29) is 50.1 Å². The van der Waals surface area contributed by atoms with E-state index >= 15 is 0 Å². The number of aryl methyl sites for hydroxylation is 2. The number of rotatable bonds is 5. The van der Waals surface area contributed by atoms with Crippen molar-refractivity contribution < 1.29 is 23.1 Å². The van der Waals surface area contributed by atoms with Crippen LogP contribution in [0.25, 0.3) is 6.08 Å². The molecule has 3 rings (SSSR count). The number of aliphatic hydroxyl groups is 1. The lowest BCUT2D eigenvalue weighted by molar-refractivity contribution is -0.120. The molecule has 2 heterocycles. The summed E-state index contributed by atoms with van der Waals surface area (Å²) in [5, 5.41) is 10.5. The van der Waals surface area contributed by atoms with E-state index in [9.17, 15) is 23.1 Å². The first-order chi connectivity index (χ1) is 14.2. The van der Waals surface area contributed by atoms with Crippen molar-refractivity contribution in [1.82, 2.24) is 9.21 Å². The Hall–Kier alpha value is -2.03. The highest BCUT2D eigenvalue weighted by molar-refractivity contribution is 7.92. The lowest BCUT2D eigenvalue weighted by atomic mass is 9.95. The van der Waals surface area contributed by atoms with Crippen molar-refractivity contribution in [2.24, 2.45) is 5.92 Å². The van der Waals surface area contributed by atoms with E-state index in [1.165, 1.54) is 9.71 Å². The number of hydrogen-bond acceptors (Lipinski definition) is 5. The molecule has 164 valence electrons. The Balaban J connectivity index is 1.74. The van der Waals surface area contributed by atoms with E-state index in [0.29, 0.717) is 18.7 Å². The Morgan fingerprint density at radius 3 is 2.20 bits per heavy atom. The summed E-state index contributed by atoms with van der Waals surface area (Å²) in [5.41, 5.74) is 3.05. The van der Waals surface area contributed by atoms with Gasteiger partial charge in [-0.05, 0) is 67.5 Å². The van der Waals surface area contributed by atoms with Gasteiger partial charge in [-0.25, -0.2) is 8.42 Å². The van der Waals surface area contributed by atoms with Gasteiger partial charge in [0.15, 0.2) is 0 Å². The largest absolute Gasteiger partial charge is 0.396 e. The van der Waals surface area contributed by atoms with Gasteiger partial charge in [0.05, 0.1) is 0 Å². The molecule has 0 atom stereocenters. The van der Waals surface area contributed by atoms with E-state index in [1.807, 2.05) is 18.7 Å². The van der Waals surface area contributed by atoms with E-state index in [0.717, 1.165) is 29.5 Å². The fourth-order valence-corrected chi connectivity index (χ4v) is 5.26. The van der Waals surface area contributed by atoms with Crippen LogP contribution in [0.3, 0.4) is 0 Å². The molecule has 0 aliphatic carbocycles. The summed E-state index contributed by atoms with van der Waals surface area (Å²) in [7, 11) is -3.58. The van der Waals surface area contributed by atoms with Crippen LogP contribution in [-0.2, 0) is 14.8 Å². The molecule has 1 amide bonds. The van der Waals surface area contributed by atoms with Gasteiger partial charge in [0, 0.05) is 56.6 Å². The number of aliphatic hydroxyl groups excluding tert-OH is 1. The molecule has 0 aromatic heterocycles. The first kappa shape index (κ1) is 22.7. The average Bonchev–Trinajstić information content (AvgIpc) is 2.73. The van der Waals surface area contributed by atoms with Crippen LogP contribution in [0.15, 0.2) is 17.5 Å². The van der Waals surface area contributed by atoms with Crippen molar-refractivity contribution in [1.29, 1.82) is 0 Å². The molecule has 0 bridgehead atoms. The first-order valence-corrected chi connectivity index (χ1v) is 11.9. The van der Waals surface area contributed by atoms with E-state index in [2.05, 4.69) is 0 Å². The lowest BCUT2D eigenvalue weighted by Crippen LogP contribution is -2.39. The summed E-state index contributed by atoms with van der Waals surface area (Å²) in [5.74, 6) is 0.335. The quantitative estimate of drug-likeness (QED) is 0.766. The second-order valence-corrected chi connectivity index (χ2v) is 10.0. The second kappa shape index (κ2) is 9.41. The second-order valence-electron chi connectivity index (χ2n) is 8.23. The van der Waals surface area contributed by atoms with Crippen LogP contribution in [0.4, 0.5) is 0 Å². The van der Waals surface area contributed by atoms with Gasteiger partial charge in [0.25, 0.3) is 5.91 Å². The molecule has 8 heteroatoms. The minimum atomic E-state index is -3.58. The van der Waals surface area contributed by atoms with E-state index in [4.69, 9.17) is 0 Å². The number of sulfonamides is 1. The Morgan fingerprint density at radius 2 is 1.67 bits per heavy atom. The summed E-state index contributed by atoms with van der Waals surface area (Å²) in [6, 6.07) is 3.61. The van der Waals surface area contributed by atoms with Gasteiger partial charge in [-0.3, -0.25) is 9.59 Å². The summed E-state index contributed by atoms with van der Waals surface area (Å²) >= 11 is 0.